The summed E-state index contributed by atoms with van der Waals surface area (Å²) >= 11 is 0. The summed E-state index contributed by atoms with van der Waals surface area (Å²) in [7, 11) is 4.24. The van der Waals surface area contributed by atoms with Gasteiger partial charge in [-0.1, -0.05) is 0 Å². The molecule has 0 aliphatic rings. The smallest absolute Gasteiger partial charge is 0.362 e. The predicted molar refractivity (Wildman–Crippen MR) is 74.7 cm³/mol. The topological polar surface area (TPSA) is 90.5 Å². The zero-order valence-corrected chi connectivity index (χ0v) is 11.8. The summed E-state index contributed by atoms with van der Waals surface area (Å²) in [4.78, 5) is 23.2. The Balaban J connectivity index is 2.46. The molecule has 0 saturated heterocycles. The van der Waals surface area contributed by atoms with Crippen molar-refractivity contribution in [3.05, 3.63) is 40.2 Å². The lowest BCUT2D eigenvalue weighted by Crippen LogP contribution is -2.19. The standard InChI is InChI=1S/C14H14N2O5/c1-19-11-5-4-8(6-12(11)20-2)9-7-10(17)13(16-15-9)14(18)21-3/h4-7H,1-3H3,(H,15,17). The Morgan fingerprint density at radius 2 is 1.81 bits per heavy atom. The molecule has 7 nitrogen and oxygen atoms in total. The monoisotopic (exact) mass is 290 g/mol. The molecule has 0 unspecified atom stereocenters. The first-order valence-corrected chi connectivity index (χ1v) is 6.01. The van der Waals surface area contributed by atoms with E-state index in [1.54, 1.807) is 18.2 Å². The molecular formula is C14H14N2O5. The Morgan fingerprint density at radius 1 is 1.10 bits per heavy atom. The van der Waals surface area contributed by atoms with Gasteiger partial charge in [-0.25, -0.2) is 4.79 Å². The maximum Gasteiger partial charge on any atom is 0.362 e. The lowest BCUT2D eigenvalue weighted by atomic mass is 10.1. The van der Waals surface area contributed by atoms with E-state index in [0.29, 0.717) is 22.8 Å². The molecule has 1 aromatic carbocycles. The van der Waals surface area contributed by atoms with Crippen LogP contribution in [-0.4, -0.2) is 37.5 Å². The second kappa shape index (κ2) is 6.08. The van der Waals surface area contributed by atoms with E-state index in [0.717, 1.165) is 0 Å². The Bertz CT molecular complexity index is 724. The maximum atomic E-state index is 11.9. The van der Waals surface area contributed by atoms with Crippen LogP contribution in [0.5, 0.6) is 11.5 Å². The second-order valence-corrected chi connectivity index (χ2v) is 4.06. The number of nitrogens with zero attached hydrogens (tertiary/aromatic N) is 1. The first kappa shape index (κ1) is 14.6. The van der Waals surface area contributed by atoms with E-state index in [4.69, 9.17) is 9.47 Å². The highest BCUT2D eigenvalue weighted by Crippen LogP contribution is 2.30. The molecule has 110 valence electrons. The van der Waals surface area contributed by atoms with Crippen LogP contribution in [0.4, 0.5) is 0 Å². The fourth-order valence-corrected chi connectivity index (χ4v) is 1.80. The van der Waals surface area contributed by atoms with Crippen LogP contribution in [0.2, 0.25) is 0 Å². The number of hydrogen-bond donors (Lipinski definition) is 1. The number of rotatable bonds is 4. The van der Waals surface area contributed by atoms with E-state index in [2.05, 4.69) is 14.9 Å². The third kappa shape index (κ3) is 2.86. The van der Waals surface area contributed by atoms with Gasteiger partial charge in [-0.15, -0.1) is 0 Å². The van der Waals surface area contributed by atoms with Gasteiger partial charge in [0.25, 0.3) is 0 Å². The van der Waals surface area contributed by atoms with Gasteiger partial charge in [0.1, 0.15) is 0 Å². The van der Waals surface area contributed by atoms with E-state index >= 15 is 0 Å². The van der Waals surface area contributed by atoms with E-state index in [-0.39, 0.29) is 5.69 Å². The van der Waals surface area contributed by atoms with Crippen LogP contribution in [0.3, 0.4) is 0 Å². The van der Waals surface area contributed by atoms with Crippen molar-refractivity contribution >= 4 is 5.97 Å². The SMILES string of the molecule is COC(=O)c1n[nH]c(-c2ccc(OC)c(OC)c2)cc1=O. The van der Waals surface area contributed by atoms with Crippen LogP contribution < -0.4 is 14.9 Å². The highest BCUT2D eigenvalue weighted by molar-refractivity contribution is 5.87. The number of hydrogen-bond acceptors (Lipinski definition) is 6. The van der Waals surface area contributed by atoms with Crippen LogP contribution in [-0.2, 0) is 4.74 Å². The predicted octanol–water partition coefficient (Wildman–Crippen LogP) is 1.24. The minimum absolute atomic E-state index is 0.290. The molecule has 0 bridgehead atoms. The second-order valence-electron chi connectivity index (χ2n) is 4.06. The first-order chi connectivity index (χ1) is 10.1. The molecule has 2 rings (SSSR count). The normalized spacial score (nSPS) is 10.0. The van der Waals surface area contributed by atoms with E-state index in [1.807, 2.05) is 0 Å². The quantitative estimate of drug-likeness (QED) is 0.852. The van der Waals surface area contributed by atoms with Crippen molar-refractivity contribution in [3.8, 4) is 22.8 Å². The summed E-state index contributed by atoms with van der Waals surface area (Å²) in [5.74, 6) is 0.311. The van der Waals surface area contributed by atoms with Gasteiger partial charge in [-0.05, 0) is 18.2 Å². The first-order valence-electron chi connectivity index (χ1n) is 6.01. The average molecular weight is 290 g/mol. The molecule has 0 atom stereocenters. The molecule has 7 heteroatoms. The molecule has 0 spiro atoms. The Hall–Kier alpha value is -2.83. The molecule has 1 aromatic heterocycles. The van der Waals surface area contributed by atoms with Crippen molar-refractivity contribution in [3.63, 3.8) is 0 Å². The van der Waals surface area contributed by atoms with Gasteiger partial charge in [0.2, 0.25) is 11.1 Å². The molecule has 0 radical (unpaired) electrons. The fraction of sp³-hybridized carbons (Fsp3) is 0.214. The highest BCUT2D eigenvalue weighted by atomic mass is 16.5. The van der Waals surface area contributed by atoms with Crippen LogP contribution in [0.15, 0.2) is 29.1 Å². The fourth-order valence-electron chi connectivity index (χ4n) is 1.80. The van der Waals surface area contributed by atoms with Crippen molar-refractivity contribution in [1.29, 1.82) is 0 Å². The molecular weight excluding hydrogens is 276 g/mol. The Kier molecular flexibility index (Phi) is 4.22. The third-order valence-corrected chi connectivity index (χ3v) is 2.87. The Morgan fingerprint density at radius 3 is 2.38 bits per heavy atom. The van der Waals surface area contributed by atoms with Crippen molar-refractivity contribution in [2.45, 2.75) is 0 Å². The van der Waals surface area contributed by atoms with Crippen LogP contribution in [0.1, 0.15) is 10.5 Å². The van der Waals surface area contributed by atoms with Crippen LogP contribution >= 0.6 is 0 Å². The number of aromatic nitrogens is 2. The summed E-state index contributed by atoms with van der Waals surface area (Å²) < 4.78 is 14.8. The highest BCUT2D eigenvalue weighted by Gasteiger charge is 2.14. The van der Waals surface area contributed by atoms with Gasteiger partial charge < -0.3 is 14.2 Å². The summed E-state index contributed by atoms with van der Waals surface area (Å²) in [6, 6.07) is 6.43. The number of H-pyrrole nitrogens is 1. The molecule has 0 saturated carbocycles. The summed E-state index contributed by atoms with van der Waals surface area (Å²) in [5.41, 5.74) is 0.314. The third-order valence-electron chi connectivity index (χ3n) is 2.87. The van der Waals surface area contributed by atoms with Crippen LogP contribution in [0, 0.1) is 0 Å². The van der Waals surface area contributed by atoms with Crippen molar-refractivity contribution in [2.24, 2.45) is 0 Å². The van der Waals surface area contributed by atoms with Gasteiger partial charge in [-0.3, -0.25) is 9.89 Å². The van der Waals surface area contributed by atoms with Gasteiger partial charge in [-0.2, -0.15) is 5.10 Å². The number of benzene rings is 1. The van der Waals surface area contributed by atoms with E-state index in [1.165, 1.54) is 27.4 Å². The molecule has 0 amide bonds. The molecule has 0 aliphatic carbocycles. The number of methoxy groups -OCH3 is 3. The van der Waals surface area contributed by atoms with Crippen molar-refractivity contribution < 1.29 is 19.0 Å². The molecule has 21 heavy (non-hydrogen) atoms. The van der Waals surface area contributed by atoms with Gasteiger partial charge >= 0.3 is 5.97 Å². The number of ether oxygens (including phenoxy) is 3. The van der Waals surface area contributed by atoms with Gasteiger partial charge in [0.05, 0.1) is 27.0 Å². The molecule has 1 heterocycles. The van der Waals surface area contributed by atoms with Crippen molar-refractivity contribution in [2.75, 3.05) is 21.3 Å². The van der Waals surface area contributed by atoms with E-state index in [9.17, 15) is 9.59 Å². The maximum absolute atomic E-state index is 11.9. The van der Waals surface area contributed by atoms with Gasteiger partial charge in [0.15, 0.2) is 11.5 Å². The lowest BCUT2D eigenvalue weighted by Gasteiger charge is -2.09. The Labute approximate surface area is 120 Å². The summed E-state index contributed by atoms with van der Waals surface area (Å²) in [6.07, 6.45) is 0. The number of carbonyl (C=O) groups is 1. The number of aromatic amines is 1. The minimum Gasteiger partial charge on any atom is -0.493 e. The molecule has 2 aromatic rings. The average Bonchev–Trinajstić information content (AvgIpc) is 2.53. The zero-order chi connectivity index (χ0) is 15.4. The molecule has 0 aliphatic heterocycles. The number of carbonyl (C=O) groups excluding carboxylic acids is 1. The largest absolute Gasteiger partial charge is 0.493 e. The zero-order valence-electron chi connectivity index (χ0n) is 11.8. The summed E-state index contributed by atoms with van der Waals surface area (Å²) in [5, 5.41) is 6.39. The number of nitrogens with one attached hydrogen (secondary N) is 1. The van der Waals surface area contributed by atoms with Gasteiger partial charge in [0, 0.05) is 11.6 Å². The van der Waals surface area contributed by atoms with Crippen molar-refractivity contribution in [1.82, 2.24) is 10.2 Å². The molecule has 1 N–H and O–H groups in total. The molecule has 0 fully saturated rings. The minimum atomic E-state index is -0.782. The number of esters is 1. The van der Waals surface area contributed by atoms with E-state index < -0.39 is 11.4 Å². The summed E-state index contributed by atoms with van der Waals surface area (Å²) in [6.45, 7) is 0. The lowest BCUT2D eigenvalue weighted by molar-refractivity contribution is 0.0591. The van der Waals surface area contributed by atoms with Crippen LogP contribution in [0.25, 0.3) is 11.3 Å².